The first-order chi connectivity index (χ1) is 12.7. The van der Waals surface area contributed by atoms with Gasteiger partial charge in [-0.2, -0.15) is 0 Å². The van der Waals surface area contributed by atoms with E-state index in [4.69, 9.17) is 4.42 Å². The van der Waals surface area contributed by atoms with E-state index in [9.17, 15) is 4.79 Å². The normalized spacial score (nSPS) is 11.3. The summed E-state index contributed by atoms with van der Waals surface area (Å²) in [5, 5.41) is 9.85. The van der Waals surface area contributed by atoms with Gasteiger partial charge in [-0.1, -0.05) is 23.9 Å². The first-order valence-electron chi connectivity index (χ1n) is 8.25. The van der Waals surface area contributed by atoms with Crippen LogP contribution in [-0.2, 0) is 12.3 Å². The van der Waals surface area contributed by atoms with Gasteiger partial charge < -0.3 is 9.40 Å². The number of benzene rings is 1. The predicted molar refractivity (Wildman–Crippen MR) is 100 cm³/mol. The number of fused-ring (bicyclic) bond motifs is 1. The number of rotatable bonds is 5. The van der Waals surface area contributed by atoms with Crippen LogP contribution in [0.4, 0.5) is 0 Å². The maximum absolute atomic E-state index is 12.3. The molecule has 0 radical (unpaired) electrons. The monoisotopic (exact) mass is 367 g/mol. The minimum atomic E-state index is -0.123. The first-order valence-corrected chi connectivity index (χ1v) is 9.24. The maximum Gasteiger partial charge on any atom is 0.258 e. The Balaban J connectivity index is 1.63. The molecule has 7 nitrogen and oxygen atoms in total. The van der Waals surface area contributed by atoms with Gasteiger partial charge >= 0.3 is 0 Å². The van der Waals surface area contributed by atoms with E-state index >= 15 is 0 Å². The lowest BCUT2D eigenvalue weighted by Gasteiger charge is -2.07. The van der Waals surface area contributed by atoms with E-state index in [1.807, 2.05) is 42.7 Å². The van der Waals surface area contributed by atoms with Crippen LogP contribution in [0.15, 0.2) is 51.0 Å². The second-order valence-corrected chi connectivity index (χ2v) is 6.74. The number of thioether (sulfide) groups is 1. The summed E-state index contributed by atoms with van der Waals surface area (Å²) in [4.78, 5) is 19.8. The fraction of sp³-hybridized carbons (Fsp3) is 0.222. The number of nitrogens with one attached hydrogen (secondary N) is 1. The molecule has 1 N–H and O–H groups in total. The summed E-state index contributed by atoms with van der Waals surface area (Å²) < 4.78 is 7.40. The lowest BCUT2D eigenvalue weighted by molar-refractivity contribution is 0.567. The predicted octanol–water partition coefficient (Wildman–Crippen LogP) is 3.40. The molecule has 132 valence electrons. The zero-order valence-electron chi connectivity index (χ0n) is 14.4. The summed E-state index contributed by atoms with van der Waals surface area (Å²) in [5.41, 5.74) is 1.60. The number of aryl methyl sites for hydroxylation is 1. The van der Waals surface area contributed by atoms with Gasteiger partial charge in [0, 0.05) is 6.54 Å². The number of hydrogen-bond donors (Lipinski definition) is 1. The molecule has 1 aromatic carbocycles. The van der Waals surface area contributed by atoms with Crippen molar-refractivity contribution in [1.29, 1.82) is 0 Å². The molecular weight excluding hydrogens is 350 g/mol. The molecule has 8 heteroatoms. The maximum atomic E-state index is 12.3. The van der Waals surface area contributed by atoms with Crippen molar-refractivity contribution in [2.24, 2.45) is 0 Å². The Morgan fingerprint density at radius 2 is 2.12 bits per heavy atom. The Bertz CT molecular complexity index is 1110. The van der Waals surface area contributed by atoms with E-state index in [2.05, 4.69) is 20.2 Å². The zero-order chi connectivity index (χ0) is 18.1. The summed E-state index contributed by atoms with van der Waals surface area (Å²) in [6.45, 7) is 4.69. The van der Waals surface area contributed by atoms with Gasteiger partial charge in [0.05, 0.1) is 22.9 Å². The third-order valence-corrected chi connectivity index (χ3v) is 5.08. The average Bonchev–Trinajstić information content (AvgIpc) is 3.30. The Morgan fingerprint density at radius 1 is 1.23 bits per heavy atom. The van der Waals surface area contributed by atoms with Gasteiger partial charge in [0.2, 0.25) is 0 Å². The van der Waals surface area contributed by atoms with Crippen LogP contribution < -0.4 is 5.56 Å². The largest absolute Gasteiger partial charge is 0.461 e. The molecule has 0 bridgehead atoms. The van der Waals surface area contributed by atoms with Crippen molar-refractivity contribution in [2.45, 2.75) is 31.3 Å². The summed E-state index contributed by atoms with van der Waals surface area (Å²) in [6, 6.07) is 9.28. The molecule has 0 amide bonds. The van der Waals surface area contributed by atoms with Gasteiger partial charge in [-0.25, -0.2) is 4.98 Å². The SMILES string of the molecule is CCn1c(SCc2nc3c(C)cccc3c(=O)[nH]2)nnc1-c1ccco1. The van der Waals surface area contributed by atoms with E-state index in [1.54, 1.807) is 12.3 Å². The third kappa shape index (κ3) is 2.92. The molecule has 0 aliphatic heterocycles. The number of hydrogen-bond acceptors (Lipinski definition) is 6. The van der Waals surface area contributed by atoms with Gasteiger partial charge in [-0.3, -0.25) is 9.36 Å². The lowest BCUT2D eigenvalue weighted by atomic mass is 10.1. The van der Waals surface area contributed by atoms with Crippen molar-refractivity contribution >= 4 is 22.7 Å². The molecule has 26 heavy (non-hydrogen) atoms. The van der Waals surface area contributed by atoms with Crippen molar-refractivity contribution in [1.82, 2.24) is 24.7 Å². The van der Waals surface area contributed by atoms with E-state index in [1.165, 1.54) is 11.8 Å². The van der Waals surface area contributed by atoms with Crippen LogP contribution in [0.25, 0.3) is 22.5 Å². The number of para-hydroxylation sites is 1. The van der Waals surface area contributed by atoms with Gasteiger partial charge in [0.25, 0.3) is 5.56 Å². The zero-order valence-corrected chi connectivity index (χ0v) is 15.2. The van der Waals surface area contributed by atoms with Gasteiger partial charge in [0.1, 0.15) is 5.82 Å². The molecule has 0 fully saturated rings. The van der Waals surface area contributed by atoms with Crippen LogP contribution in [0.1, 0.15) is 18.3 Å². The van der Waals surface area contributed by atoms with Crippen LogP contribution in [0.3, 0.4) is 0 Å². The van der Waals surface area contributed by atoms with Gasteiger partial charge in [-0.15, -0.1) is 10.2 Å². The molecule has 3 heterocycles. The van der Waals surface area contributed by atoms with E-state index in [0.717, 1.165) is 16.2 Å². The quantitative estimate of drug-likeness (QED) is 0.544. The highest BCUT2D eigenvalue weighted by atomic mass is 32.2. The second kappa shape index (κ2) is 6.80. The molecule has 4 rings (SSSR count). The molecule has 3 aromatic heterocycles. The average molecular weight is 367 g/mol. The lowest BCUT2D eigenvalue weighted by Crippen LogP contribution is -2.12. The van der Waals surface area contributed by atoms with Crippen molar-refractivity contribution in [3.05, 3.63) is 58.3 Å². The summed E-state index contributed by atoms with van der Waals surface area (Å²) in [6.07, 6.45) is 1.61. The molecule has 0 saturated heterocycles. The number of aromatic nitrogens is 5. The fourth-order valence-electron chi connectivity index (χ4n) is 2.82. The molecule has 0 saturated carbocycles. The molecule has 0 atom stereocenters. The Morgan fingerprint density at radius 3 is 2.88 bits per heavy atom. The summed E-state index contributed by atoms with van der Waals surface area (Å²) in [7, 11) is 0. The standard InChI is InChI=1S/C18H17N5O2S/c1-3-23-16(13-8-5-9-25-13)21-22-18(23)26-10-14-19-15-11(2)6-4-7-12(15)17(24)20-14/h4-9H,3,10H2,1-2H3,(H,19,20,24). The molecule has 0 aliphatic rings. The smallest absolute Gasteiger partial charge is 0.258 e. The van der Waals surface area contributed by atoms with Crippen LogP contribution in [-0.4, -0.2) is 24.7 Å². The molecule has 0 unspecified atom stereocenters. The number of nitrogens with zero attached hydrogens (tertiary/aromatic N) is 4. The molecular formula is C18H17N5O2S. The van der Waals surface area contributed by atoms with E-state index in [-0.39, 0.29) is 5.56 Å². The van der Waals surface area contributed by atoms with Crippen molar-refractivity contribution < 1.29 is 4.42 Å². The van der Waals surface area contributed by atoms with E-state index < -0.39 is 0 Å². The van der Waals surface area contributed by atoms with Crippen molar-refractivity contribution in [3.8, 4) is 11.6 Å². The van der Waals surface area contributed by atoms with E-state index in [0.29, 0.717) is 35.1 Å². The Kier molecular flexibility index (Phi) is 4.34. The first kappa shape index (κ1) is 16.6. The Labute approximate surface area is 153 Å². The number of furan rings is 1. The van der Waals surface area contributed by atoms with Gasteiger partial charge in [-0.05, 0) is 37.6 Å². The van der Waals surface area contributed by atoms with Crippen LogP contribution in [0.5, 0.6) is 0 Å². The van der Waals surface area contributed by atoms with Crippen LogP contribution in [0, 0.1) is 6.92 Å². The molecule has 0 spiro atoms. The minimum absolute atomic E-state index is 0.123. The molecule has 0 aliphatic carbocycles. The summed E-state index contributed by atoms with van der Waals surface area (Å²) in [5.74, 6) is 2.48. The molecule has 4 aromatic rings. The summed E-state index contributed by atoms with van der Waals surface area (Å²) >= 11 is 1.48. The third-order valence-electron chi connectivity index (χ3n) is 4.10. The second-order valence-electron chi connectivity index (χ2n) is 5.80. The highest BCUT2D eigenvalue weighted by molar-refractivity contribution is 7.98. The highest BCUT2D eigenvalue weighted by Gasteiger charge is 2.16. The van der Waals surface area contributed by atoms with Crippen molar-refractivity contribution in [3.63, 3.8) is 0 Å². The fourth-order valence-corrected chi connectivity index (χ4v) is 3.69. The minimum Gasteiger partial charge on any atom is -0.461 e. The number of H-pyrrole nitrogens is 1. The highest BCUT2D eigenvalue weighted by Crippen LogP contribution is 2.26. The van der Waals surface area contributed by atoms with Crippen molar-refractivity contribution in [2.75, 3.05) is 0 Å². The topological polar surface area (TPSA) is 89.6 Å². The van der Waals surface area contributed by atoms with Gasteiger partial charge in [0.15, 0.2) is 16.7 Å². The van der Waals surface area contributed by atoms with Crippen LogP contribution >= 0.6 is 11.8 Å². The van der Waals surface area contributed by atoms with Crippen LogP contribution in [0.2, 0.25) is 0 Å². The number of aromatic amines is 1. The Hall–Kier alpha value is -2.87.